The van der Waals surface area contributed by atoms with Crippen LogP contribution in [0.1, 0.15) is 38.2 Å². The van der Waals surface area contributed by atoms with Crippen molar-refractivity contribution in [1.29, 1.82) is 0 Å². The molecule has 3 heteroatoms. The summed E-state index contributed by atoms with van der Waals surface area (Å²) in [7, 11) is 2.18. The first-order valence-corrected chi connectivity index (χ1v) is 7.77. The van der Waals surface area contributed by atoms with E-state index >= 15 is 0 Å². The first-order chi connectivity index (χ1) is 9.15. The van der Waals surface area contributed by atoms with Gasteiger partial charge in [0.2, 0.25) is 0 Å². The number of rotatable bonds is 6. The van der Waals surface area contributed by atoms with E-state index < -0.39 is 0 Å². The van der Waals surface area contributed by atoms with Gasteiger partial charge in [0, 0.05) is 36.4 Å². The Morgan fingerprint density at radius 1 is 1.32 bits per heavy atom. The van der Waals surface area contributed by atoms with Gasteiger partial charge in [-0.15, -0.1) is 0 Å². The Bertz CT molecular complexity index is 452. The van der Waals surface area contributed by atoms with Crippen molar-refractivity contribution in [3.8, 4) is 0 Å². The van der Waals surface area contributed by atoms with Crippen LogP contribution in [0.5, 0.6) is 0 Å². The van der Waals surface area contributed by atoms with Gasteiger partial charge in [0.1, 0.15) is 0 Å². The second kappa shape index (κ2) is 5.34. The number of nitrogens with one attached hydrogen (secondary N) is 1. The van der Waals surface area contributed by atoms with Crippen molar-refractivity contribution < 1.29 is 0 Å². The Hall–Kier alpha value is -0.730. The van der Waals surface area contributed by atoms with Crippen molar-refractivity contribution in [2.45, 2.75) is 51.2 Å². The first kappa shape index (κ1) is 13.3. The maximum Gasteiger partial charge on any atom is 0.0471 e. The highest BCUT2D eigenvalue weighted by Crippen LogP contribution is 2.37. The maximum absolute atomic E-state index is 6.41. The van der Waals surface area contributed by atoms with Crippen LogP contribution in [0.25, 0.3) is 0 Å². The van der Waals surface area contributed by atoms with E-state index in [1.165, 1.54) is 36.9 Å². The van der Waals surface area contributed by atoms with Gasteiger partial charge in [-0.05, 0) is 56.2 Å². The molecule has 2 nitrogen and oxygen atoms in total. The van der Waals surface area contributed by atoms with Crippen LogP contribution in [-0.2, 0) is 6.54 Å². The molecule has 19 heavy (non-hydrogen) atoms. The monoisotopic (exact) mass is 278 g/mol. The smallest absolute Gasteiger partial charge is 0.0471 e. The van der Waals surface area contributed by atoms with Crippen LogP contribution in [0.2, 0.25) is 5.02 Å². The number of anilines is 1. The van der Waals surface area contributed by atoms with Crippen LogP contribution in [0.15, 0.2) is 18.2 Å². The zero-order valence-corrected chi connectivity index (χ0v) is 12.6. The van der Waals surface area contributed by atoms with E-state index in [2.05, 4.69) is 42.4 Å². The van der Waals surface area contributed by atoms with Gasteiger partial charge in [-0.25, -0.2) is 0 Å². The van der Waals surface area contributed by atoms with Gasteiger partial charge in [-0.3, -0.25) is 0 Å². The summed E-state index contributed by atoms with van der Waals surface area (Å²) in [5.74, 6) is 0.875. The van der Waals surface area contributed by atoms with E-state index in [1.54, 1.807) is 0 Å². The Morgan fingerprint density at radius 3 is 2.63 bits per heavy atom. The molecule has 0 amide bonds. The quantitative estimate of drug-likeness (QED) is 0.851. The van der Waals surface area contributed by atoms with E-state index in [-0.39, 0.29) is 0 Å². The molecule has 2 aliphatic rings. The number of hydrogen-bond donors (Lipinski definition) is 1. The number of nitrogens with zero attached hydrogens (tertiary/aromatic N) is 1. The molecule has 0 radical (unpaired) electrons. The molecule has 0 aromatic heterocycles. The van der Waals surface area contributed by atoms with Crippen LogP contribution in [0, 0.1) is 5.92 Å². The summed E-state index contributed by atoms with van der Waals surface area (Å²) >= 11 is 6.41. The van der Waals surface area contributed by atoms with Gasteiger partial charge in [-0.2, -0.15) is 0 Å². The lowest BCUT2D eigenvalue weighted by Gasteiger charge is -2.27. The summed E-state index contributed by atoms with van der Waals surface area (Å²) in [6, 6.07) is 7.84. The van der Waals surface area contributed by atoms with Gasteiger partial charge in [0.15, 0.2) is 0 Å². The number of hydrogen-bond acceptors (Lipinski definition) is 2. The van der Waals surface area contributed by atoms with Crippen LogP contribution < -0.4 is 10.2 Å². The lowest BCUT2D eigenvalue weighted by Crippen LogP contribution is -2.30. The average Bonchev–Trinajstić information content (AvgIpc) is 3.28. The third kappa shape index (κ3) is 3.24. The average molecular weight is 279 g/mol. The number of benzene rings is 1. The Kier molecular flexibility index (Phi) is 3.72. The highest BCUT2D eigenvalue weighted by Gasteiger charge is 2.30. The normalized spacial score (nSPS) is 20.4. The van der Waals surface area contributed by atoms with Crippen LogP contribution in [0.3, 0.4) is 0 Å². The van der Waals surface area contributed by atoms with E-state index in [0.717, 1.165) is 23.5 Å². The van der Waals surface area contributed by atoms with E-state index in [1.807, 2.05) is 0 Å². The second-order valence-corrected chi connectivity index (χ2v) is 6.53. The summed E-state index contributed by atoms with van der Waals surface area (Å²) in [6.07, 6.45) is 5.39. The summed E-state index contributed by atoms with van der Waals surface area (Å²) in [5, 5.41) is 4.40. The SMILES string of the molecule is CC(C1CC1)N(C)c1ccc(CNC2CC2)c(Cl)c1. The minimum atomic E-state index is 0.617. The van der Waals surface area contributed by atoms with Gasteiger partial charge in [0.05, 0.1) is 0 Å². The van der Waals surface area contributed by atoms with Gasteiger partial charge in [0.25, 0.3) is 0 Å². The first-order valence-electron chi connectivity index (χ1n) is 7.40. The topological polar surface area (TPSA) is 15.3 Å². The standard InChI is InChI=1S/C16H23ClN2/c1-11(12-3-4-12)19(2)15-8-5-13(16(17)9-15)10-18-14-6-7-14/h5,8-9,11-12,14,18H,3-4,6-7,10H2,1-2H3. The van der Waals surface area contributed by atoms with Crippen LogP contribution in [-0.4, -0.2) is 19.1 Å². The molecule has 0 saturated heterocycles. The molecular formula is C16H23ClN2. The fourth-order valence-corrected chi connectivity index (χ4v) is 2.81. The fraction of sp³-hybridized carbons (Fsp3) is 0.625. The molecule has 3 rings (SSSR count). The summed E-state index contributed by atoms with van der Waals surface area (Å²) in [6.45, 7) is 3.21. The maximum atomic E-state index is 6.41. The van der Waals surface area contributed by atoms with Crippen molar-refractivity contribution in [2.24, 2.45) is 5.92 Å². The Labute approximate surface area is 121 Å². The van der Waals surface area contributed by atoms with E-state index in [9.17, 15) is 0 Å². The molecule has 2 saturated carbocycles. The molecule has 0 bridgehead atoms. The van der Waals surface area contributed by atoms with Gasteiger partial charge < -0.3 is 10.2 Å². The Balaban J connectivity index is 1.66. The fourth-order valence-electron chi connectivity index (χ4n) is 2.57. The van der Waals surface area contributed by atoms with Crippen LogP contribution in [0.4, 0.5) is 5.69 Å². The minimum absolute atomic E-state index is 0.617. The van der Waals surface area contributed by atoms with Gasteiger partial charge in [-0.1, -0.05) is 17.7 Å². The molecule has 104 valence electrons. The van der Waals surface area contributed by atoms with Crippen molar-refractivity contribution in [2.75, 3.05) is 11.9 Å². The van der Waals surface area contributed by atoms with Crippen molar-refractivity contribution >= 4 is 17.3 Å². The lowest BCUT2D eigenvalue weighted by atomic mass is 10.1. The van der Waals surface area contributed by atoms with Crippen molar-refractivity contribution in [3.05, 3.63) is 28.8 Å². The molecule has 1 unspecified atom stereocenters. The predicted molar refractivity (Wildman–Crippen MR) is 81.9 cm³/mol. The highest BCUT2D eigenvalue weighted by molar-refractivity contribution is 6.31. The molecule has 2 aliphatic carbocycles. The molecule has 2 fully saturated rings. The highest BCUT2D eigenvalue weighted by atomic mass is 35.5. The van der Waals surface area contributed by atoms with Gasteiger partial charge >= 0.3 is 0 Å². The molecule has 1 aromatic carbocycles. The number of halogens is 1. The summed E-state index contributed by atoms with van der Waals surface area (Å²) in [5.41, 5.74) is 2.45. The third-order valence-corrected chi connectivity index (χ3v) is 4.87. The zero-order chi connectivity index (χ0) is 13.4. The summed E-state index contributed by atoms with van der Waals surface area (Å²) < 4.78 is 0. The summed E-state index contributed by atoms with van der Waals surface area (Å²) in [4.78, 5) is 2.36. The zero-order valence-electron chi connectivity index (χ0n) is 11.8. The molecule has 1 atom stereocenters. The molecular weight excluding hydrogens is 256 g/mol. The van der Waals surface area contributed by atoms with Crippen molar-refractivity contribution in [1.82, 2.24) is 5.32 Å². The lowest BCUT2D eigenvalue weighted by molar-refractivity contribution is 0.609. The minimum Gasteiger partial charge on any atom is -0.372 e. The van der Waals surface area contributed by atoms with Crippen molar-refractivity contribution in [3.63, 3.8) is 0 Å². The molecule has 1 aromatic rings. The Morgan fingerprint density at radius 2 is 2.05 bits per heavy atom. The molecule has 0 aliphatic heterocycles. The van der Waals surface area contributed by atoms with E-state index in [4.69, 9.17) is 11.6 Å². The largest absolute Gasteiger partial charge is 0.372 e. The molecule has 1 N–H and O–H groups in total. The molecule has 0 spiro atoms. The van der Waals surface area contributed by atoms with Crippen LogP contribution >= 0.6 is 11.6 Å². The molecule has 0 heterocycles. The van der Waals surface area contributed by atoms with E-state index in [0.29, 0.717) is 6.04 Å². The second-order valence-electron chi connectivity index (χ2n) is 6.12. The third-order valence-electron chi connectivity index (χ3n) is 4.52. The predicted octanol–water partition coefficient (Wildman–Crippen LogP) is 3.83.